The summed E-state index contributed by atoms with van der Waals surface area (Å²) in [6, 6.07) is 0. The van der Waals surface area contributed by atoms with Gasteiger partial charge in [0.25, 0.3) is 5.56 Å². The maximum atomic E-state index is 12.7. The maximum Gasteiger partial charge on any atom is 0.262 e. The smallest absolute Gasteiger partial charge is 0.262 e. The summed E-state index contributed by atoms with van der Waals surface area (Å²) in [5, 5.41) is 0.906. The molecule has 1 atom stereocenters. The number of nitrogens with zero attached hydrogens (tertiary/aromatic N) is 2. The normalized spacial score (nSPS) is 18.7. The highest BCUT2D eigenvalue weighted by Gasteiger charge is 2.23. The van der Waals surface area contributed by atoms with Crippen LogP contribution in [-0.2, 0) is 19.4 Å². The second-order valence-corrected chi connectivity index (χ2v) is 7.54. The minimum absolute atomic E-state index is 0.169. The van der Waals surface area contributed by atoms with Gasteiger partial charge in [0.2, 0.25) is 0 Å². The van der Waals surface area contributed by atoms with Crippen molar-refractivity contribution in [3.05, 3.63) is 27.1 Å². The summed E-state index contributed by atoms with van der Waals surface area (Å²) in [5.41, 5.74) is 1.46. The van der Waals surface area contributed by atoms with E-state index >= 15 is 0 Å². The molecule has 0 bridgehead atoms. The van der Waals surface area contributed by atoms with E-state index < -0.39 is 0 Å². The summed E-state index contributed by atoms with van der Waals surface area (Å²) >= 11 is 1.73. The van der Waals surface area contributed by atoms with E-state index in [0.717, 1.165) is 41.9 Å². The fourth-order valence-corrected chi connectivity index (χ4v) is 4.26. The molecule has 3 rings (SSSR count). The molecule has 108 valence electrons. The molecular weight excluding hydrogens is 268 g/mol. The number of fused-ring (bicyclic) bond motifs is 3. The maximum absolute atomic E-state index is 12.7. The molecule has 0 aromatic carbocycles. The van der Waals surface area contributed by atoms with Crippen molar-refractivity contribution in [2.24, 2.45) is 11.8 Å². The molecule has 1 aliphatic rings. The first-order chi connectivity index (χ1) is 9.56. The summed E-state index contributed by atoms with van der Waals surface area (Å²) in [6.07, 6.45) is 6.11. The number of thiophene rings is 1. The quantitative estimate of drug-likeness (QED) is 0.865. The van der Waals surface area contributed by atoms with Gasteiger partial charge in [-0.2, -0.15) is 0 Å². The Morgan fingerprint density at radius 1 is 1.50 bits per heavy atom. The van der Waals surface area contributed by atoms with Gasteiger partial charge in [0.05, 0.1) is 11.7 Å². The third kappa shape index (κ3) is 2.41. The number of hydrogen-bond donors (Lipinski definition) is 0. The Labute approximate surface area is 123 Å². The van der Waals surface area contributed by atoms with Crippen molar-refractivity contribution < 1.29 is 0 Å². The summed E-state index contributed by atoms with van der Waals surface area (Å²) in [6.45, 7) is 7.44. The first-order valence-corrected chi connectivity index (χ1v) is 8.37. The van der Waals surface area contributed by atoms with Crippen molar-refractivity contribution in [2.45, 2.75) is 53.0 Å². The molecule has 0 saturated heterocycles. The molecule has 0 amide bonds. The lowest BCUT2D eigenvalue weighted by molar-refractivity contribution is 0.503. The first kappa shape index (κ1) is 13.8. The van der Waals surface area contributed by atoms with Crippen molar-refractivity contribution in [3.63, 3.8) is 0 Å². The lowest BCUT2D eigenvalue weighted by atomic mass is 9.89. The molecule has 20 heavy (non-hydrogen) atoms. The Morgan fingerprint density at radius 2 is 2.30 bits per heavy atom. The summed E-state index contributed by atoms with van der Waals surface area (Å²) in [7, 11) is 0. The lowest BCUT2D eigenvalue weighted by Gasteiger charge is -2.17. The molecule has 0 N–H and O–H groups in total. The van der Waals surface area contributed by atoms with Gasteiger partial charge < -0.3 is 0 Å². The van der Waals surface area contributed by atoms with E-state index in [9.17, 15) is 4.79 Å². The number of rotatable bonds is 3. The van der Waals surface area contributed by atoms with Crippen LogP contribution < -0.4 is 5.56 Å². The van der Waals surface area contributed by atoms with Gasteiger partial charge in [-0.05, 0) is 43.1 Å². The second kappa shape index (κ2) is 5.32. The van der Waals surface area contributed by atoms with Crippen LogP contribution in [0.2, 0.25) is 0 Å². The second-order valence-electron chi connectivity index (χ2n) is 6.46. The van der Waals surface area contributed by atoms with E-state index in [1.807, 2.05) is 0 Å². The fourth-order valence-electron chi connectivity index (χ4n) is 2.92. The Morgan fingerprint density at radius 3 is 3.05 bits per heavy atom. The summed E-state index contributed by atoms with van der Waals surface area (Å²) < 4.78 is 1.80. The highest BCUT2D eigenvalue weighted by molar-refractivity contribution is 7.18. The minimum Gasteiger partial charge on any atom is -0.299 e. The lowest BCUT2D eigenvalue weighted by Crippen LogP contribution is -2.22. The molecule has 2 heterocycles. The van der Waals surface area contributed by atoms with Crippen molar-refractivity contribution in [3.8, 4) is 0 Å². The van der Waals surface area contributed by atoms with E-state index in [1.54, 1.807) is 22.2 Å². The van der Waals surface area contributed by atoms with Crippen molar-refractivity contribution in [1.82, 2.24) is 9.55 Å². The van der Waals surface area contributed by atoms with Crippen molar-refractivity contribution >= 4 is 21.6 Å². The zero-order valence-corrected chi connectivity index (χ0v) is 13.3. The molecule has 0 fully saturated rings. The summed E-state index contributed by atoms with van der Waals surface area (Å²) in [4.78, 5) is 19.5. The van der Waals surface area contributed by atoms with Gasteiger partial charge in [0.15, 0.2) is 0 Å². The molecule has 0 aliphatic heterocycles. The van der Waals surface area contributed by atoms with Gasteiger partial charge in [-0.25, -0.2) is 4.98 Å². The van der Waals surface area contributed by atoms with E-state index in [2.05, 4.69) is 25.8 Å². The van der Waals surface area contributed by atoms with Gasteiger partial charge in [-0.15, -0.1) is 11.3 Å². The molecule has 3 nitrogen and oxygen atoms in total. The van der Waals surface area contributed by atoms with Gasteiger partial charge in [-0.3, -0.25) is 9.36 Å². The van der Waals surface area contributed by atoms with Crippen LogP contribution in [-0.4, -0.2) is 9.55 Å². The van der Waals surface area contributed by atoms with Gasteiger partial charge in [0.1, 0.15) is 4.83 Å². The Balaban J connectivity index is 2.06. The van der Waals surface area contributed by atoms with Crippen molar-refractivity contribution in [1.29, 1.82) is 0 Å². The Hall–Kier alpha value is -1.16. The van der Waals surface area contributed by atoms with Crippen LogP contribution >= 0.6 is 11.3 Å². The minimum atomic E-state index is 0.169. The number of aromatic nitrogens is 2. The Kier molecular flexibility index (Phi) is 3.67. The molecule has 2 aromatic heterocycles. The van der Waals surface area contributed by atoms with Gasteiger partial charge in [0, 0.05) is 11.4 Å². The van der Waals surface area contributed by atoms with Crippen LogP contribution in [0.3, 0.4) is 0 Å². The van der Waals surface area contributed by atoms with Crippen LogP contribution in [0.15, 0.2) is 11.1 Å². The summed E-state index contributed by atoms with van der Waals surface area (Å²) in [5.74, 6) is 1.34. The van der Waals surface area contributed by atoms with Crippen LogP contribution in [0.4, 0.5) is 0 Å². The monoisotopic (exact) mass is 290 g/mol. The molecule has 0 unspecified atom stereocenters. The predicted octanol–water partition coefficient (Wildman–Crippen LogP) is 3.63. The van der Waals surface area contributed by atoms with Gasteiger partial charge >= 0.3 is 0 Å². The Bertz CT molecular complexity index is 684. The highest BCUT2D eigenvalue weighted by atomic mass is 32.1. The van der Waals surface area contributed by atoms with Crippen LogP contribution in [0.25, 0.3) is 10.2 Å². The average molecular weight is 290 g/mol. The van der Waals surface area contributed by atoms with Crippen molar-refractivity contribution in [2.75, 3.05) is 0 Å². The van der Waals surface area contributed by atoms with Crippen LogP contribution in [0.1, 0.15) is 44.1 Å². The fraction of sp³-hybridized carbons (Fsp3) is 0.625. The molecule has 2 aromatic rings. The average Bonchev–Trinajstić information content (AvgIpc) is 2.75. The third-order valence-electron chi connectivity index (χ3n) is 4.23. The zero-order valence-electron chi connectivity index (χ0n) is 12.5. The molecule has 4 heteroatoms. The molecule has 0 spiro atoms. The topological polar surface area (TPSA) is 34.9 Å². The first-order valence-electron chi connectivity index (χ1n) is 7.56. The van der Waals surface area contributed by atoms with Crippen LogP contribution in [0.5, 0.6) is 0 Å². The van der Waals surface area contributed by atoms with E-state index in [-0.39, 0.29) is 5.56 Å². The molecule has 0 radical (unpaired) electrons. The van der Waals surface area contributed by atoms with E-state index in [0.29, 0.717) is 5.92 Å². The largest absolute Gasteiger partial charge is 0.299 e. The van der Waals surface area contributed by atoms with E-state index in [1.165, 1.54) is 16.9 Å². The molecular formula is C16H22N2OS. The van der Waals surface area contributed by atoms with Gasteiger partial charge in [-0.1, -0.05) is 20.8 Å². The number of hydrogen-bond acceptors (Lipinski definition) is 3. The predicted molar refractivity (Wildman–Crippen MR) is 84.5 cm³/mol. The highest BCUT2D eigenvalue weighted by Crippen LogP contribution is 2.35. The molecule has 0 saturated carbocycles. The van der Waals surface area contributed by atoms with E-state index in [4.69, 9.17) is 0 Å². The zero-order chi connectivity index (χ0) is 14.3. The van der Waals surface area contributed by atoms with Crippen LogP contribution in [0, 0.1) is 11.8 Å². The molecule has 1 aliphatic carbocycles. The standard InChI is InChI=1S/C16H22N2OS/c1-10(2)6-7-18-9-17-15-14(16(18)19)12-5-4-11(3)8-13(12)20-15/h9-11H,4-8H2,1-3H3/t11-/m0/s1. The number of aryl methyl sites for hydroxylation is 2. The third-order valence-corrected chi connectivity index (χ3v) is 5.39. The SMILES string of the molecule is CC(C)CCn1cnc2sc3c(c2c1=O)CC[C@H](C)C3.